The fraction of sp³-hybridized carbons (Fsp3) is 0.227. The fourth-order valence-electron chi connectivity index (χ4n) is 3.91. The number of aromatic amines is 2. The Morgan fingerprint density at radius 2 is 2.17 bits per heavy atom. The van der Waals surface area contributed by atoms with Gasteiger partial charge in [-0.2, -0.15) is 0 Å². The van der Waals surface area contributed by atoms with E-state index in [2.05, 4.69) is 25.9 Å². The number of hydrogen-bond donors (Lipinski definition) is 2. The summed E-state index contributed by atoms with van der Waals surface area (Å²) in [6.45, 7) is 2.23. The van der Waals surface area contributed by atoms with Crippen LogP contribution < -0.4 is 10.3 Å². The van der Waals surface area contributed by atoms with Gasteiger partial charge in [0.15, 0.2) is 5.82 Å². The largest absolute Gasteiger partial charge is 0.497 e. The van der Waals surface area contributed by atoms with Crippen molar-refractivity contribution in [2.75, 3.05) is 13.7 Å². The minimum atomic E-state index is -0.0628. The number of nitrogens with zero attached hydrogens (tertiary/aromatic N) is 3. The van der Waals surface area contributed by atoms with Crippen molar-refractivity contribution >= 4 is 10.9 Å². The van der Waals surface area contributed by atoms with Gasteiger partial charge in [0, 0.05) is 48.5 Å². The van der Waals surface area contributed by atoms with Crippen molar-refractivity contribution in [2.45, 2.75) is 19.5 Å². The molecule has 0 unspecified atom stereocenters. The van der Waals surface area contributed by atoms with Gasteiger partial charge in [0.1, 0.15) is 11.4 Å². The molecular formula is C22H21N5O2. The summed E-state index contributed by atoms with van der Waals surface area (Å²) in [5, 5.41) is 1.16. The van der Waals surface area contributed by atoms with E-state index in [0.29, 0.717) is 24.5 Å². The summed E-state index contributed by atoms with van der Waals surface area (Å²) in [6.07, 6.45) is 4.43. The Labute approximate surface area is 167 Å². The third-order valence-electron chi connectivity index (χ3n) is 5.43. The van der Waals surface area contributed by atoms with Crippen LogP contribution in [0.5, 0.6) is 5.75 Å². The summed E-state index contributed by atoms with van der Waals surface area (Å²) in [5.74, 6) is 1.36. The van der Waals surface area contributed by atoms with Crippen molar-refractivity contribution in [2.24, 2.45) is 0 Å². The standard InChI is InChI=1S/C22H21N5O2/c1-29-15-5-6-18-17(10-15)14(11-24-18)12-27-9-7-16-20(13-27)25-21(26-22(16)28)19-4-2-3-8-23-19/h2-6,8,10-11,24H,7,9,12-13H2,1H3,(H,25,26,28). The Hall–Kier alpha value is -3.45. The Balaban J connectivity index is 1.44. The van der Waals surface area contributed by atoms with Crippen LogP contribution in [-0.4, -0.2) is 38.5 Å². The first kappa shape index (κ1) is 17.6. The number of ether oxygens (including phenoxy) is 1. The molecule has 2 N–H and O–H groups in total. The van der Waals surface area contributed by atoms with Gasteiger partial charge in [0.25, 0.3) is 5.56 Å². The SMILES string of the molecule is COc1ccc2[nH]cc(CN3CCc4c(nc(-c5ccccn5)[nH]c4=O)C3)c2c1. The van der Waals surface area contributed by atoms with Crippen LogP contribution in [0.25, 0.3) is 22.4 Å². The van der Waals surface area contributed by atoms with Crippen molar-refractivity contribution in [3.63, 3.8) is 0 Å². The molecule has 1 aliphatic rings. The normalized spacial score (nSPS) is 14.1. The second-order valence-electron chi connectivity index (χ2n) is 7.24. The molecule has 29 heavy (non-hydrogen) atoms. The fourth-order valence-corrected chi connectivity index (χ4v) is 3.91. The van der Waals surface area contributed by atoms with E-state index >= 15 is 0 Å². The molecule has 0 atom stereocenters. The number of nitrogens with one attached hydrogen (secondary N) is 2. The second-order valence-corrected chi connectivity index (χ2v) is 7.24. The Kier molecular flexibility index (Phi) is 4.37. The number of methoxy groups -OCH3 is 1. The van der Waals surface area contributed by atoms with Gasteiger partial charge in [0.05, 0.1) is 12.8 Å². The molecule has 4 heterocycles. The van der Waals surface area contributed by atoms with Crippen LogP contribution >= 0.6 is 0 Å². The Morgan fingerprint density at radius 3 is 3.00 bits per heavy atom. The van der Waals surface area contributed by atoms with Crippen molar-refractivity contribution in [3.05, 3.63) is 76.0 Å². The van der Waals surface area contributed by atoms with Crippen LogP contribution in [0.4, 0.5) is 0 Å². The lowest BCUT2D eigenvalue weighted by atomic mass is 10.0. The summed E-state index contributed by atoms with van der Waals surface area (Å²) >= 11 is 0. The third kappa shape index (κ3) is 3.30. The molecule has 1 aromatic carbocycles. The number of pyridine rings is 1. The van der Waals surface area contributed by atoms with Gasteiger partial charge in [-0.3, -0.25) is 14.7 Å². The summed E-state index contributed by atoms with van der Waals surface area (Å²) < 4.78 is 5.37. The predicted octanol–water partition coefficient (Wildman–Crippen LogP) is 2.88. The van der Waals surface area contributed by atoms with E-state index in [1.807, 2.05) is 36.5 Å². The van der Waals surface area contributed by atoms with E-state index in [1.54, 1.807) is 13.3 Å². The van der Waals surface area contributed by atoms with Gasteiger partial charge in [-0.25, -0.2) is 4.98 Å². The minimum absolute atomic E-state index is 0.0628. The molecule has 1 aliphatic heterocycles. The first-order chi connectivity index (χ1) is 14.2. The second kappa shape index (κ2) is 7.18. The lowest BCUT2D eigenvalue weighted by Gasteiger charge is -2.27. The number of benzene rings is 1. The van der Waals surface area contributed by atoms with Gasteiger partial charge in [0.2, 0.25) is 0 Å². The summed E-state index contributed by atoms with van der Waals surface area (Å²) in [7, 11) is 1.68. The highest BCUT2D eigenvalue weighted by atomic mass is 16.5. The Bertz CT molecular complexity index is 1230. The Morgan fingerprint density at radius 1 is 1.24 bits per heavy atom. The molecule has 0 fully saturated rings. The maximum atomic E-state index is 12.6. The van der Waals surface area contributed by atoms with E-state index in [1.165, 1.54) is 5.56 Å². The van der Waals surface area contributed by atoms with Gasteiger partial charge in [-0.05, 0) is 42.3 Å². The van der Waals surface area contributed by atoms with Gasteiger partial charge in [-0.15, -0.1) is 0 Å². The number of aromatic nitrogens is 4. The van der Waals surface area contributed by atoms with Crippen LogP contribution in [0.3, 0.4) is 0 Å². The average Bonchev–Trinajstić information content (AvgIpc) is 3.16. The molecule has 7 nitrogen and oxygen atoms in total. The third-order valence-corrected chi connectivity index (χ3v) is 5.43. The van der Waals surface area contributed by atoms with Gasteiger partial charge >= 0.3 is 0 Å². The molecule has 0 amide bonds. The quantitative estimate of drug-likeness (QED) is 0.562. The predicted molar refractivity (Wildman–Crippen MR) is 111 cm³/mol. The highest BCUT2D eigenvalue weighted by Gasteiger charge is 2.22. The lowest BCUT2D eigenvalue weighted by Crippen LogP contribution is -2.35. The van der Waals surface area contributed by atoms with Crippen LogP contribution in [0.2, 0.25) is 0 Å². The monoisotopic (exact) mass is 387 g/mol. The highest BCUT2D eigenvalue weighted by molar-refractivity contribution is 5.84. The van der Waals surface area contributed by atoms with Crippen molar-refractivity contribution in [1.82, 2.24) is 24.8 Å². The zero-order valence-electron chi connectivity index (χ0n) is 16.1. The van der Waals surface area contributed by atoms with Crippen LogP contribution in [-0.2, 0) is 19.5 Å². The van der Waals surface area contributed by atoms with Crippen LogP contribution in [0.1, 0.15) is 16.8 Å². The molecular weight excluding hydrogens is 366 g/mol. The number of fused-ring (bicyclic) bond motifs is 2. The van der Waals surface area contributed by atoms with Crippen LogP contribution in [0, 0.1) is 0 Å². The molecule has 0 saturated heterocycles. The van der Waals surface area contributed by atoms with E-state index < -0.39 is 0 Å². The van der Waals surface area contributed by atoms with Gasteiger partial charge < -0.3 is 14.7 Å². The first-order valence-electron chi connectivity index (χ1n) is 9.61. The molecule has 0 radical (unpaired) electrons. The maximum Gasteiger partial charge on any atom is 0.254 e. The molecule has 4 aromatic rings. The van der Waals surface area contributed by atoms with Crippen molar-refractivity contribution < 1.29 is 4.74 Å². The smallest absolute Gasteiger partial charge is 0.254 e. The molecule has 0 aliphatic carbocycles. The molecule has 0 saturated carbocycles. The van der Waals surface area contributed by atoms with E-state index in [0.717, 1.165) is 41.0 Å². The average molecular weight is 387 g/mol. The van der Waals surface area contributed by atoms with Gasteiger partial charge in [-0.1, -0.05) is 6.07 Å². The highest BCUT2D eigenvalue weighted by Crippen LogP contribution is 2.26. The zero-order valence-corrected chi connectivity index (χ0v) is 16.1. The van der Waals surface area contributed by atoms with E-state index in [-0.39, 0.29) is 5.56 Å². The molecule has 5 rings (SSSR count). The van der Waals surface area contributed by atoms with Crippen molar-refractivity contribution in [1.29, 1.82) is 0 Å². The first-order valence-corrected chi connectivity index (χ1v) is 9.61. The van der Waals surface area contributed by atoms with Crippen molar-refractivity contribution in [3.8, 4) is 17.3 Å². The number of hydrogen-bond acceptors (Lipinski definition) is 5. The summed E-state index contributed by atoms with van der Waals surface area (Å²) in [4.78, 5) is 30.1. The number of rotatable bonds is 4. The number of H-pyrrole nitrogens is 2. The molecule has 146 valence electrons. The summed E-state index contributed by atoms with van der Waals surface area (Å²) in [6, 6.07) is 11.6. The maximum absolute atomic E-state index is 12.6. The molecule has 7 heteroatoms. The molecule has 3 aromatic heterocycles. The lowest BCUT2D eigenvalue weighted by molar-refractivity contribution is 0.241. The molecule has 0 bridgehead atoms. The molecule has 0 spiro atoms. The van der Waals surface area contributed by atoms with E-state index in [9.17, 15) is 4.79 Å². The van der Waals surface area contributed by atoms with E-state index in [4.69, 9.17) is 9.72 Å². The topological polar surface area (TPSA) is 86.9 Å². The van der Waals surface area contributed by atoms with Crippen LogP contribution in [0.15, 0.2) is 53.6 Å². The minimum Gasteiger partial charge on any atom is -0.497 e. The summed E-state index contributed by atoms with van der Waals surface area (Å²) in [5.41, 5.74) is 4.52. The zero-order chi connectivity index (χ0) is 19.8.